The SMILES string of the molecule is CC(C)C(=O)N[C@H](c1ccc(C(C)C)cc1)c1cc([N+](=O)[O-])c2cccnc2c1O. The van der Waals surface area contributed by atoms with E-state index in [1.807, 2.05) is 24.3 Å². The van der Waals surface area contributed by atoms with E-state index in [0.29, 0.717) is 11.5 Å². The lowest BCUT2D eigenvalue weighted by atomic mass is 9.93. The lowest BCUT2D eigenvalue weighted by Gasteiger charge is -2.23. The van der Waals surface area contributed by atoms with Gasteiger partial charge in [0.1, 0.15) is 11.3 Å². The third-order valence-electron chi connectivity index (χ3n) is 5.13. The number of nitro groups is 1. The zero-order valence-corrected chi connectivity index (χ0v) is 17.4. The predicted molar refractivity (Wildman–Crippen MR) is 115 cm³/mol. The topological polar surface area (TPSA) is 105 Å². The van der Waals surface area contributed by atoms with Crippen LogP contribution in [-0.2, 0) is 4.79 Å². The van der Waals surface area contributed by atoms with E-state index in [9.17, 15) is 20.0 Å². The molecule has 0 aliphatic rings. The van der Waals surface area contributed by atoms with E-state index in [1.54, 1.807) is 26.0 Å². The highest BCUT2D eigenvalue weighted by atomic mass is 16.6. The van der Waals surface area contributed by atoms with Crippen LogP contribution in [0.2, 0.25) is 0 Å². The maximum Gasteiger partial charge on any atom is 0.279 e. The number of phenolic OH excluding ortho intramolecular Hbond substituents is 1. The fraction of sp³-hybridized carbons (Fsp3) is 0.304. The van der Waals surface area contributed by atoms with E-state index >= 15 is 0 Å². The number of amides is 1. The summed E-state index contributed by atoms with van der Waals surface area (Å²) < 4.78 is 0. The molecule has 0 aliphatic heterocycles. The highest BCUT2D eigenvalue weighted by Gasteiger charge is 2.27. The third kappa shape index (κ3) is 4.10. The Morgan fingerprint density at radius 3 is 2.30 bits per heavy atom. The summed E-state index contributed by atoms with van der Waals surface area (Å²) in [7, 11) is 0. The molecule has 1 atom stereocenters. The van der Waals surface area contributed by atoms with E-state index in [4.69, 9.17) is 0 Å². The smallest absolute Gasteiger partial charge is 0.279 e. The van der Waals surface area contributed by atoms with Gasteiger partial charge in [-0.3, -0.25) is 19.9 Å². The van der Waals surface area contributed by atoms with Gasteiger partial charge < -0.3 is 10.4 Å². The summed E-state index contributed by atoms with van der Waals surface area (Å²) in [4.78, 5) is 27.9. The molecule has 0 unspecified atom stereocenters. The van der Waals surface area contributed by atoms with Crippen molar-refractivity contribution >= 4 is 22.5 Å². The average molecular weight is 407 g/mol. The number of aromatic hydroxyl groups is 1. The Hall–Kier alpha value is -3.48. The van der Waals surface area contributed by atoms with Crippen LogP contribution in [0, 0.1) is 16.0 Å². The molecule has 1 amide bonds. The van der Waals surface area contributed by atoms with Gasteiger partial charge in [-0.15, -0.1) is 0 Å². The summed E-state index contributed by atoms with van der Waals surface area (Å²) in [5, 5.41) is 25.8. The van der Waals surface area contributed by atoms with Crippen LogP contribution in [0.4, 0.5) is 5.69 Å². The van der Waals surface area contributed by atoms with Crippen molar-refractivity contribution in [3.05, 3.63) is 75.5 Å². The number of pyridine rings is 1. The minimum atomic E-state index is -0.758. The van der Waals surface area contributed by atoms with Gasteiger partial charge in [0.15, 0.2) is 0 Å². The number of hydrogen-bond donors (Lipinski definition) is 2. The zero-order valence-electron chi connectivity index (χ0n) is 17.4. The lowest BCUT2D eigenvalue weighted by Crippen LogP contribution is -2.32. The van der Waals surface area contributed by atoms with Crippen LogP contribution in [0.15, 0.2) is 48.7 Å². The summed E-state index contributed by atoms with van der Waals surface area (Å²) in [6.07, 6.45) is 1.47. The highest BCUT2D eigenvalue weighted by molar-refractivity contribution is 5.94. The van der Waals surface area contributed by atoms with Gasteiger partial charge in [0.05, 0.1) is 16.4 Å². The second kappa shape index (κ2) is 8.49. The summed E-state index contributed by atoms with van der Waals surface area (Å²) in [6, 6.07) is 11.3. The molecule has 7 nitrogen and oxygen atoms in total. The van der Waals surface area contributed by atoms with E-state index in [-0.39, 0.29) is 39.7 Å². The Bertz CT molecular complexity index is 1090. The molecule has 2 aromatic carbocycles. The molecule has 2 N–H and O–H groups in total. The average Bonchev–Trinajstić information content (AvgIpc) is 2.72. The van der Waals surface area contributed by atoms with Crippen molar-refractivity contribution < 1.29 is 14.8 Å². The van der Waals surface area contributed by atoms with Gasteiger partial charge in [0, 0.05) is 23.7 Å². The number of carbonyl (C=O) groups excluding carboxylic acids is 1. The van der Waals surface area contributed by atoms with E-state index in [0.717, 1.165) is 5.56 Å². The van der Waals surface area contributed by atoms with Crippen molar-refractivity contribution in [3.63, 3.8) is 0 Å². The molecule has 7 heteroatoms. The van der Waals surface area contributed by atoms with Crippen molar-refractivity contribution in [1.29, 1.82) is 0 Å². The number of carbonyl (C=O) groups is 1. The minimum Gasteiger partial charge on any atom is -0.505 e. The van der Waals surface area contributed by atoms with E-state index < -0.39 is 11.0 Å². The number of non-ortho nitro benzene ring substituents is 1. The second-order valence-electron chi connectivity index (χ2n) is 7.91. The monoisotopic (exact) mass is 407 g/mol. The van der Waals surface area contributed by atoms with Gasteiger partial charge in [0.2, 0.25) is 5.91 Å². The Labute approximate surface area is 174 Å². The maximum atomic E-state index is 12.5. The quantitative estimate of drug-likeness (QED) is 0.449. The molecule has 0 spiro atoms. The van der Waals surface area contributed by atoms with Gasteiger partial charge >= 0.3 is 0 Å². The maximum absolute atomic E-state index is 12.5. The Balaban J connectivity index is 2.22. The van der Waals surface area contributed by atoms with Crippen LogP contribution < -0.4 is 5.32 Å². The molecule has 0 saturated heterocycles. The fourth-order valence-corrected chi connectivity index (χ4v) is 3.32. The molecule has 1 aromatic heterocycles. The number of hydrogen-bond acceptors (Lipinski definition) is 5. The number of rotatable bonds is 6. The van der Waals surface area contributed by atoms with Gasteiger partial charge in [-0.2, -0.15) is 0 Å². The molecular weight excluding hydrogens is 382 g/mol. The molecule has 0 bridgehead atoms. The molecule has 30 heavy (non-hydrogen) atoms. The van der Waals surface area contributed by atoms with Gasteiger partial charge in [-0.05, 0) is 29.2 Å². The second-order valence-corrected chi connectivity index (χ2v) is 7.91. The molecule has 0 fully saturated rings. The van der Waals surface area contributed by atoms with Crippen LogP contribution in [0.3, 0.4) is 0 Å². The largest absolute Gasteiger partial charge is 0.505 e. The Morgan fingerprint density at radius 2 is 1.73 bits per heavy atom. The first-order valence-electron chi connectivity index (χ1n) is 9.86. The number of nitrogens with one attached hydrogen (secondary N) is 1. The van der Waals surface area contributed by atoms with Crippen LogP contribution in [0.1, 0.15) is 56.3 Å². The van der Waals surface area contributed by atoms with Gasteiger partial charge in [-0.25, -0.2) is 0 Å². The Morgan fingerprint density at radius 1 is 1.10 bits per heavy atom. The molecule has 156 valence electrons. The van der Waals surface area contributed by atoms with Crippen molar-refractivity contribution in [2.75, 3.05) is 0 Å². The summed E-state index contributed by atoms with van der Waals surface area (Å²) in [5.41, 5.74) is 2.04. The summed E-state index contributed by atoms with van der Waals surface area (Å²) in [5.74, 6) is -0.366. The normalized spacial score (nSPS) is 12.3. The van der Waals surface area contributed by atoms with Crippen molar-refractivity contribution in [2.24, 2.45) is 5.92 Å². The predicted octanol–water partition coefficient (Wildman–Crippen LogP) is 4.83. The van der Waals surface area contributed by atoms with E-state index in [2.05, 4.69) is 24.1 Å². The first kappa shape index (κ1) is 21.2. The van der Waals surface area contributed by atoms with Crippen molar-refractivity contribution in [3.8, 4) is 5.75 Å². The number of fused-ring (bicyclic) bond motifs is 1. The number of nitrogens with zero attached hydrogens (tertiary/aromatic N) is 2. The highest BCUT2D eigenvalue weighted by Crippen LogP contribution is 2.39. The van der Waals surface area contributed by atoms with Crippen molar-refractivity contribution in [2.45, 2.75) is 39.7 Å². The molecule has 3 rings (SSSR count). The minimum absolute atomic E-state index is 0.129. The van der Waals surface area contributed by atoms with Gasteiger partial charge in [0.25, 0.3) is 5.69 Å². The first-order chi connectivity index (χ1) is 14.2. The fourth-order valence-electron chi connectivity index (χ4n) is 3.32. The van der Waals surface area contributed by atoms with Crippen molar-refractivity contribution in [1.82, 2.24) is 10.3 Å². The standard InChI is InChI=1S/C23H25N3O4/c1-13(2)15-7-9-16(10-8-15)20(25-23(28)14(3)4)18-12-19(26(29)30)17-6-5-11-24-21(17)22(18)27/h5-14,20,27H,1-4H3,(H,25,28)/t20-/m1/s1. The van der Waals surface area contributed by atoms with E-state index in [1.165, 1.54) is 12.3 Å². The molecule has 0 aliphatic carbocycles. The van der Waals surface area contributed by atoms with Crippen LogP contribution in [0.5, 0.6) is 5.75 Å². The third-order valence-corrected chi connectivity index (χ3v) is 5.13. The summed E-state index contributed by atoms with van der Waals surface area (Å²) >= 11 is 0. The number of aromatic nitrogens is 1. The summed E-state index contributed by atoms with van der Waals surface area (Å²) in [6.45, 7) is 7.69. The molecular formula is C23H25N3O4. The molecule has 0 radical (unpaired) electrons. The molecule has 3 aromatic rings. The van der Waals surface area contributed by atoms with Crippen LogP contribution >= 0.6 is 0 Å². The molecule has 1 heterocycles. The zero-order chi connectivity index (χ0) is 22.0. The number of nitro benzene ring substituents is 1. The van der Waals surface area contributed by atoms with Crippen LogP contribution in [-0.4, -0.2) is 20.9 Å². The number of benzene rings is 2. The number of phenols is 1. The first-order valence-corrected chi connectivity index (χ1v) is 9.86. The Kier molecular flexibility index (Phi) is 6.01. The molecule has 0 saturated carbocycles. The lowest BCUT2D eigenvalue weighted by molar-refractivity contribution is -0.383. The van der Waals surface area contributed by atoms with Gasteiger partial charge in [-0.1, -0.05) is 52.0 Å². The van der Waals surface area contributed by atoms with Crippen LogP contribution in [0.25, 0.3) is 10.9 Å².